The normalized spacial score (nSPS) is 22.0. The van der Waals surface area contributed by atoms with Crippen molar-refractivity contribution in [2.75, 3.05) is 19.7 Å². The van der Waals surface area contributed by atoms with Crippen LogP contribution in [-0.2, 0) is 4.74 Å². The number of nitrogens with two attached hydrogens (primary N) is 1. The number of hydrogen-bond acceptors (Lipinski definition) is 1. The average Bonchev–Trinajstić information content (AvgIpc) is 2.45. The molecule has 0 aromatic heterocycles. The Labute approximate surface area is 139 Å². The van der Waals surface area contributed by atoms with Crippen LogP contribution < -0.4 is 17.7 Å². The molecule has 0 aromatic carbocycles. The van der Waals surface area contributed by atoms with Crippen LogP contribution in [0.3, 0.4) is 0 Å². The van der Waals surface area contributed by atoms with Gasteiger partial charge < -0.3 is 22.5 Å². The summed E-state index contributed by atoms with van der Waals surface area (Å²) < 4.78 is 5.93. The van der Waals surface area contributed by atoms with Crippen LogP contribution in [0.1, 0.15) is 90.9 Å². The first-order chi connectivity index (χ1) is 9.77. The molecule has 1 unspecified atom stereocenters. The Morgan fingerprint density at radius 2 is 1.38 bits per heavy atom. The molecular weight excluding hydrogens is 282 g/mol. The summed E-state index contributed by atoms with van der Waals surface area (Å²) in [5, 5.41) is 2.40. The van der Waals surface area contributed by atoms with Crippen molar-refractivity contribution in [1.29, 1.82) is 0 Å². The monoisotopic (exact) mass is 319 g/mol. The summed E-state index contributed by atoms with van der Waals surface area (Å²) in [5.41, 5.74) is 0.164. The lowest BCUT2D eigenvalue weighted by Gasteiger charge is -2.31. The summed E-state index contributed by atoms with van der Waals surface area (Å²) in [6, 6.07) is 0. The van der Waals surface area contributed by atoms with Gasteiger partial charge in [-0.15, -0.1) is 0 Å². The lowest BCUT2D eigenvalue weighted by molar-refractivity contribution is -0.685. The molecule has 0 aliphatic carbocycles. The van der Waals surface area contributed by atoms with Crippen molar-refractivity contribution >= 4 is 0 Å². The number of morpholine rings is 1. The van der Waals surface area contributed by atoms with Gasteiger partial charge in [0.1, 0.15) is 12.1 Å². The molecule has 1 atom stereocenters. The summed E-state index contributed by atoms with van der Waals surface area (Å²) in [7, 11) is 0. The van der Waals surface area contributed by atoms with Crippen LogP contribution >= 0.6 is 0 Å². The molecule has 1 rings (SSSR count). The molecule has 128 valence electrons. The third-order valence-electron chi connectivity index (χ3n) is 4.66. The van der Waals surface area contributed by atoms with Gasteiger partial charge in [0, 0.05) is 0 Å². The Hall–Kier alpha value is 0.210. The Bertz CT molecular complexity index is 217. The van der Waals surface area contributed by atoms with Crippen molar-refractivity contribution in [3.63, 3.8) is 0 Å². The van der Waals surface area contributed by atoms with E-state index < -0.39 is 0 Å². The Morgan fingerprint density at radius 1 is 0.857 bits per heavy atom. The minimum Gasteiger partial charge on any atom is -1.00 e. The average molecular weight is 320 g/mol. The van der Waals surface area contributed by atoms with Crippen LogP contribution in [0, 0.1) is 0 Å². The fraction of sp³-hybridized carbons (Fsp3) is 1.00. The molecule has 0 bridgehead atoms. The van der Waals surface area contributed by atoms with Crippen LogP contribution in [0.15, 0.2) is 0 Å². The predicted molar refractivity (Wildman–Crippen MR) is 87.1 cm³/mol. The molecule has 2 N–H and O–H groups in total. The first-order valence-electron chi connectivity index (χ1n) is 9.22. The second kappa shape index (κ2) is 13.8. The van der Waals surface area contributed by atoms with Gasteiger partial charge in [-0.05, 0) is 13.3 Å². The van der Waals surface area contributed by atoms with Gasteiger partial charge in [0.2, 0.25) is 0 Å². The van der Waals surface area contributed by atoms with E-state index >= 15 is 0 Å². The van der Waals surface area contributed by atoms with Crippen LogP contribution in [0.5, 0.6) is 0 Å². The van der Waals surface area contributed by atoms with Crippen LogP contribution in [-0.4, -0.2) is 25.3 Å². The summed E-state index contributed by atoms with van der Waals surface area (Å²) in [6.45, 7) is 7.82. The second-order valence-corrected chi connectivity index (χ2v) is 6.87. The Balaban J connectivity index is 0.00000400. The van der Waals surface area contributed by atoms with Gasteiger partial charge in [-0.1, -0.05) is 77.6 Å². The Kier molecular flexibility index (Phi) is 14.0. The molecule has 0 radical (unpaired) electrons. The topological polar surface area (TPSA) is 25.8 Å². The molecule has 1 heterocycles. The van der Waals surface area contributed by atoms with E-state index in [-0.39, 0.29) is 18.0 Å². The molecular formula is C18H38ClNO. The SMILES string of the molecule is CCCCCCCCCCCCCC1(C)C[NH2+]CCO1.[Cl-]. The molecule has 21 heavy (non-hydrogen) atoms. The third kappa shape index (κ3) is 11.4. The van der Waals surface area contributed by atoms with Gasteiger partial charge in [0.25, 0.3) is 0 Å². The van der Waals surface area contributed by atoms with Gasteiger partial charge in [0.15, 0.2) is 0 Å². The minimum atomic E-state index is 0. The molecule has 0 aromatic rings. The van der Waals surface area contributed by atoms with Crippen molar-refractivity contribution < 1.29 is 22.5 Å². The second-order valence-electron chi connectivity index (χ2n) is 6.87. The van der Waals surface area contributed by atoms with Crippen LogP contribution in [0.4, 0.5) is 0 Å². The maximum absolute atomic E-state index is 5.93. The molecule has 0 amide bonds. The summed E-state index contributed by atoms with van der Waals surface area (Å²) in [4.78, 5) is 0. The van der Waals surface area contributed by atoms with Gasteiger partial charge in [-0.3, -0.25) is 0 Å². The first kappa shape index (κ1) is 21.2. The third-order valence-corrected chi connectivity index (χ3v) is 4.66. The summed E-state index contributed by atoms with van der Waals surface area (Å²) in [5.74, 6) is 0. The minimum absolute atomic E-state index is 0. The highest BCUT2D eigenvalue weighted by Gasteiger charge is 2.29. The fourth-order valence-corrected chi connectivity index (χ4v) is 3.19. The van der Waals surface area contributed by atoms with E-state index in [0.29, 0.717) is 0 Å². The number of halogens is 1. The zero-order valence-corrected chi connectivity index (χ0v) is 15.2. The van der Waals surface area contributed by atoms with E-state index in [0.717, 1.165) is 19.7 Å². The number of unbranched alkanes of at least 4 members (excludes halogenated alkanes) is 10. The number of ether oxygens (including phenoxy) is 1. The lowest BCUT2D eigenvalue weighted by Crippen LogP contribution is -3.00. The Morgan fingerprint density at radius 3 is 1.86 bits per heavy atom. The van der Waals surface area contributed by atoms with E-state index in [2.05, 4.69) is 19.2 Å². The van der Waals surface area contributed by atoms with E-state index in [1.54, 1.807) is 0 Å². The number of hydrogen-bond donors (Lipinski definition) is 1. The zero-order chi connectivity index (χ0) is 14.5. The maximum atomic E-state index is 5.93. The van der Waals surface area contributed by atoms with Crippen molar-refractivity contribution in [1.82, 2.24) is 0 Å². The first-order valence-corrected chi connectivity index (χ1v) is 9.22. The smallest absolute Gasteiger partial charge is 0.114 e. The van der Waals surface area contributed by atoms with Gasteiger partial charge in [-0.25, -0.2) is 0 Å². The molecule has 0 spiro atoms. The van der Waals surface area contributed by atoms with Gasteiger partial charge in [-0.2, -0.15) is 0 Å². The lowest BCUT2D eigenvalue weighted by atomic mass is 9.96. The molecule has 3 heteroatoms. The van der Waals surface area contributed by atoms with Crippen molar-refractivity contribution in [3.05, 3.63) is 0 Å². The van der Waals surface area contributed by atoms with E-state index in [1.807, 2.05) is 0 Å². The van der Waals surface area contributed by atoms with E-state index in [1.165, 1.54) is 77.0 Å². The van der Waals surface area contributed by atoms with Crippen molar-refractivity contribution in [3.8, 4) is 0 Å². The standard InChI is InChI=1S/C18H37NO.ClH/c1-3-4-5-6-7-8-9-10-11-12-13-14-18(2)17-19-15-16-20-18;/h19H,3-17H2,1-2H3;1H. The van der Waals surface area contributed by atoms with Gasteiger partial charge in [0.05, 0.1) is 13.2 Å². The van der Waals surface area contributed by atoms with E-state index in [9.17, 15) is 0 Å². The largest absolute Gasteiger partial charge is 1.00 e. The number of rotatable bonds is 12. The number of quaternary nitrogens is 1. The fourth-order valence-electron chi connectivity index (χ4n) is 3.19. The van der Waals surface area contributed by atoms with Crippen molar-refractivity contribution in [2.45, 2.75) is 96.5 Å². The van der Waals surface area contributed by atoms with Crippen LogP contribution in [0.2, 0.25) is 0 Å². The zero-order valence-electron chi connectivity index (χ0n) is 14.5. The molecule has 0 saturated carbocycles. The predicted octanol–water partition coefficient (Wildman–Crippen LogP) is 1.04. The highest BCUT2D eigenvalue weighted by atomic mass is 35.5. The van der Waals surface area contributed by atoms with Crippen molar-refractivity contribution in [2.24, 2.45) is 0 Å². The highest BCUT2D eigenvalue weighted by molar-refractivity contribution is 4.75. The van der Waals surface area contributed by atoms with E-state index in [4.69, 9.17) is 4.74 Å². The molecule has 1 aliphatic heterocycles. The maximum Gasteiger partial charge on any atom is 0.114 e. The highest BCUT2D eigenvalue weighted by Crippen LogP contribution is 2.20. The van der Waals surface area contributed by atoms with Crippen LogP contribution in [0.25, 0.3) is 0 Å². The molecule has 1 saturated heterocycles. The quantitative estimate of drug-likeness (QED) is 0.535. The molecule has 1 aliphatic rings. The molecule has 1 fully saturated rings. The van der Waals surface area contributed by atoms with Gasteiger partial charge >= 0.3 is 0 Å². The summed E-state index contributed by atoms with van der Waals surface area (Å²) in [6.07, 6.45) is 16.9. The molecule has 2 nitrogen and oxygen atoms in total. The summed E-state index contributed by atoms with van der Waals surface area (Å²) >= 11 is 0.